The van der Waals surface area contributed by atoms with Crippen LogP contribution in [-0.2, 0) is 9.59 Å². The minimum Gasteiger partial charge on any atom is -0.370 e. The number of hydrogen-bond acceptors (Lipinski definition) is 2. The fraction of sp³-hybridized carbons (Fsp3) is 0.500. The number of primary amides is 1. The van der Waals surface area contributed by atoms with Crippen LogP contribution in [0.3, 0.4) is 0 Å². The summed E-state index contributed by atoms with van der Waals surface area (Å²) >= 11 is 0. The Balaban J connectivity index is 2.93. The second kappa shape index (κ2) is 4.11. The van der Waals surface area contributed by atoms with Gasteiger partial charge in [-0.05, 0) is 0 Å². The SMILES string of the molecule is NC(=O)CCNC=O. The summed E-state index contributed by atoms with van der Waals surface area (Å²) < 4.78 is 0. The first-order valence-electron chi connectivity index (χ1n) is 2.22. The molecule has 46 valence electrons. The Morgan fingerprint density at radius 3 is 2.75 bits per heavy atom. The monoisotopic (exact) mass is 116 g/mol. The molecule has 4 nitrogen and oxygen atoms in total. The van der Waals surface area contributed by atoms with Crippen LogP contribution < -0.4 is 11.1 Å². The molecule has 0 rings (SSSR count). The summed E-state index contributed by atoms with van der Waals surface area (Å²) in [4.78, 5) is 19.5. The van der Waals surface area contributed by atoms with Crippen molar-refractivity contribution in [1.82, 2.24) is 5.32 Å². The van der Waals surface area contributed by atoms with Gasteiger partial charge in [0.15, 0.2) is 0 Å². The lowest BCUT2D eigenvalue weighted by Gasteiger charge is -1.90. The summed E-state index contributed by atoms with van der Waals surface area (Å²) in [6, 6.07) is 0. The molecule has 2 amide bonds. The molecule has 0 saturated carbocycles. The molecule has 0 saturated heterocycles. The zero-order valence-corrected chi connectivity index (χ0v) is 4.39. The lowest BCUT2D eigenvalue weighted by molar-refractivity contribution is -0.118. The molecule has 0 atom stereocenters. The molecule has 0 aromatic carbocycles. The van der Waals surface area contributed by atoms with E-state index in [2.05, 4.69) is 5.32 Å². The minimum absolute atomic E-state index is 0.207. The Bertz CT molecular complexity index is 92.0. The predicted octanol–water partition coefficient (Wildman–Crippen LogP) is -1.39. The second-order valence-electron chi connectivity index (χ2n) is 1.29. The van der Waals surface area contributed by atoms with E-state index < -0.39 is 5.91 Å². The van der Waals surface area contributed by atoms with E-state index in [1.54, 1.807) is 0 Å². The van der Waals surface area contributed by atoms with Gasteiger partial charge in [0.05, 0.1) is 0 Å². The van der Waals surface area contributed by atoms with Gasteiger partial charge in [0.1, 0.15) is 0 Å². The number of carbonyl (C=O) groups is 2. The molecule has 0 aliphatic rings. The highest BCUT2D eigenvalue weighted by Crippen LogP contribution is 1.67. The largest absolute Gasteiger partial charge is 0.370 e. The van der Waals surface area contributed by atoms with E-state index in [1.807, 2.05) is 0 Å². The molecule has 0 radical (unpaired) electrons. The summed E-state index contributed by atoms with van der Waals surface area (Å²) in [5.41, 5.74) is 4.74. The molecule has 4 heteroatoms. The normalized spacial score (nSPS) is 8.00. The highest BCUT2D eigenvalue weighted by Gasteiger charge is 1.89. The predicted molar refractivity (Wildman–Crippen MR) is 27.9 cm³/mol. The van der Waals surface area contributed by atoms with Crippen molar-refractivity contribution >= 4 is 12.3 Å². The lowest BCUT2D eigenvalue weighted by atomic mass is 10.4. The average Bonchev–Trinajstić information content (AvgIpc) is 1.66. The molecule has 3 N–H and O–H groups in total. The zero-order valence-electron chi connectivity index (χ0n) is 4.39. The summed E-state index contributed by atoms with van der Waals surface area (Å²) in [5.74, 6) is -0.403. The summed E-state index contributed by atoms with van der Waals surface area (Å²) in [6.07, 6.45) is 0.738. The Hall–Kier alpha value is -1.06. The summed E-state index contributed by atoms with van der Waals surface area (Å²) in [7, 11) is 0. The molecule has 0 aliphatic heterocycles. The number of rotatable bonds is 4. The van der Waals surface area contributed by atoms with Crippen molar-refractivity contribution in [3.63, 3.8) is 0 Å². The van der Waals surface area contributed by atoms with Crippen LogP contribution in [0, 0.1) is 0 Å². The number of carbonyl (C=O) groups excluding carboxylic acids is 2. The average molecular weight is 116 g/mol. The fourth-order valence-electron chi connectivity index (χ4n) is 0.254. The van der Waals surface area contributed by atoms with Gasteiger partial charge in [-0.2, -0.15) is 0 Å². The van der Waals surface area contributed by atoms with Crippen LogP contribution in [0.1, 0.15) is 6.42 Å². The molecule has 0 unspecified atom stereocenters. The van der Waals surface area contributed by atoms with Gasteiger partial charge >= 0.3 is 0 Å². The highest BCUT2D eigenvalue weighted by molar-refractivity contribution is 5.74. The second-order valence-corrected chi connectivity index (χ2v) is 1.29. The van der Waals surface area contributed by atoms with Crippen molar-refractivity contribution in [2.75, 3.05) is 6.54 Å². The van der Waals surface area contributed by atoms with E-state index in [-0.39, 0.29) is 6.42 Å². The first-order valence-corrected chi connectivity index (χ1v) is 2.22. The van der Waals surface area contributed by atoms with Crippen LogP contribution >= 0.6 is 0 Å². The zero-order chi connectivity index (χ0) is 6.41. The first kappa shape index (κ1) is 6.94. The van der Waals surface area contributed by atoms with Crippen molar-refractivity contribution in [1.29, 1.82) is 0 Å². The minimum atomic E-state index is -0.403. The van der Waals surface area contributed by atoms with Gasteiger partial charge in [-0.3, -0.25) is 9.59 Å². The van der Waals surface area contributed by atoms with Gasteiger partial charge in [-0.25, -0.2) is 0 Å². The van der Waals surface area contributed by atoms with E-state index in [0.29, 0.717) is 13.0 Å². The summed E-state index contributed by atoms with van der Waals surface area (Å²) in [5, 5.41) is 2.30. The van der Waals surface area contributed by atoms with Crippen molar-refractivity contribution < 1.29 is 9.59 Å². The van der Waals surface area contributed by atoms with E-state index in [1.165, 1.54) is 0 Å². The molecule has 0 aromatic rings. The highest BCUT2D eigenvalue weighted by atomic mass is 16.1. The maximum Gasteiger partial charge on any atom is 0.219 e. The first-order chi connectivity index (χ1) is 3.77. The number of nitrogens with two attached hydrogens (primary N) is 1. The van der Waals surface area contributed by atoms with E-state index in [9.17, 15) is 9.59 Å². The topological polar surface area (TPSA) is 72.2 Å². The van der Waals surface area contributed by atoms with Crippen LogP contribution in [0.2, 0.25) is 0 Å². The van der Waals surface area contributed by atoms with Gasteiger partial charge in [-0.15, -0.1) is 0 Å². The Kier molecular flexibility index (Phi) is 3.56. The molecule has 0 heterocycles. The summed E-state index contributed by atoms with van der Waals surface area (Å²) in [6.45, 7) is 0.332. The van der Waals surface area contributed by atoms with Crippen LogP contribution in [-0.4, -0.2) is 18.9 Å². The van der Waals surface area contributed by atoms with Gasteiger partial charge in [0.2, 0.25) is 12.3 Å². The molecule has 0 bridgehead atoms. The van der Waals surface area contributed by atoms with E-state index in [4.69, 9.17) is 5.73 Å². The fourth-order valence-corrected chi connectivity index (χ4v) is 0.254. The third-order valence-corrected chi connectivity index (χ3v) is 0.599. The van der Waals surface area contributed by atoms with Crippen molar-refractivity contribution in [3.8, 4) is 0 Å². The van der Waals surface area contributed by atoms with Crippen LogP contribution in [0.5, 0.6) is 0 Å². The van der Waals surface area contributed by atoms with Crippen molar-refractivity contribution in [3.05, 3.63) is 0 Å². The standard InChI is InChI=1S/C4H8N2O2/c5-4(8)1-2-6-3-7/h3H,1-2H2,(H2,5,8)(H,6,7). The van der Waals surface area contributed by atoms with Gasteiger partial charge in [0, 0.05) is 13.0 Å². The van der Waals surface area contributed by atoms with Crippen LogP contribution in [0.4, 0.5) is 0 Å². The quantitative estimate of drug-likeness (QED) is 0.350. The third-order valence-electron chi connectivity index (χ3n) is 0.599. The molecule has 0 aromatic heterocycles. The Morgan fingerprint density at radius 2 is 2.38 bits per heavy atom. The number of nitrogens with one attached hydrogen (secondary N) is 1. The van der Waals surface area contributed by atoms with Crippen molar-refractivity contribution in [2.45, 2.75) is 6.42 Å². The molecule has 0 fully saturated rings. The molecule has 0 spiro atoms. The molecule has 0 aliphatic carbocycles. The maximum atomic E-state index is 9.94. The van der Waals surface area contributed by atoms with Crippen LogP contribution in [0.25, 0.3) is 0 Å². The number of amides is 2. The number of hydrogen-bond donors (Lipinski definition) is 2. The van der Waals surface area contributed by atoms with Gasteiger partial charge in [-0.1, -0.05) is 0 Å². The lowest BCUT2D eigenvalue weighted by Crippen LogP contribution is -2.20. The van der Waals surface area contributed by atoms with Crippen LogP contribution in [0.15, 0.2) is 0 Å². The molecular weight excluding hydrogens is 108 g/mol. The third kappa shape index (κ3) is 4.94. The van der Waals surface area contributed by atoms with E-state index in [0.717, 1.165) is 0 Å². The van der Waals surface area contributed by atoms with Crippen molar-refractivity contribution in [2.24, 2.45) is 5.73 Å². The Labute approximate surface area is 47.0 Å². The maximum absolute atomic E-state index is 9.94. The van der Waals surface area contributed by atoms with Gasteiger partial charge in [0.25, 0.3) is 0 Å². The molecule has 8 heavy (non-hydrogen) atoms. The smallest absolute Gasteiger partial charge is 0.219 e. The molecular formula is C4H8N2O2. The van der Waals surface area contributed by atoms with Gasteiger partial charge < -0.3 is 11.1 Å². The van der Waals surface area contributed by atoms with E-state index >= 15 is 0 Å². The Morgan fingerprint density at radius 1 is 1.75 bits per heavy atom.